The summed E-state index contributed by atoms with van der Waals surface area (Å²) >= 11 is 0. The third-order valence-electron chi connectivity index (χ3n) is 4.67. The Balaban J connectivity index is 1.73. The quantitative estimate of drug-likeness (QED) is 0.881. The van der Waals surface area contributed by atoms with Gasteiger partial charge in [0.25, 0.3) is 0 Å². The van der Waals surface area contributed by atoms with Gasteiger partial charge in [-0.25, -0.2) is 4.79 Å². The molecule has 0 spiro atoms. The zero-order valence-electron chi connectivity index (χ0n) is 14.0. The molecule has 2 unspecified atom stereocenters. The molecule has 0 fully saturated rings. The number of aliphatic hydroxyl groups is 1. The van der Waals surface area contributed by atoms with Crippen molar-refractivity contribution in [1.29, 1.82) is 0 Å². The van der Waals surface area contributed by atoms with Crippen LogP contribution in [0, 0.1) is 0 Å². The van der Waals surface area contributed by atoms with Crippen molar-refractivity contribution in [1.82, 2.24) is 5.32 Å². The second kappa shape index (κ2) is 7.05. The van der Waals surface area contributed by atoms with E-state index in [-0.39, 0.29) is 18.6 Å². The van der Waals surface area contributed by atoms with Gasteiger partial charge in [0.2, 0.25) is 0 Å². The number of hydrogen-bond acceptors (Lipinski definition) is 3. The largest absolute Gasteiger partial charge is 0.449 e. The van der Waals surface area contributed by atoms with E-state index in [4.69, 9.17) is 4.74 Å². The molecule has 0 aliphatic heterocycles. The first-order chi connectivity index (χ1) is 11.6. The molecule has 24 heavy (non-hydrogen) atoms. The Morgan fingerprint density at radius 2 is 1.67 bits per heavy atom. The van der Waals surface area contributed by atoms with E-state index < -0.39 is 12.2 Å². The van der Waals surface area contributed by atoms with E-state index in [1.807, 2.05) is 31.2 Å². The summed E-state index contributed by atoms with van der Waals surface area (Å²) in [4.78, 5) is 12.1. The summed E-state index contributed by atoms with van der Waals surface area (Å²) in [6, 6.07) is 16.2. The summed E-state index contributed by atoms with van der Waals surface area (Å²) in [6.07, 6.45) is -0.429. The lowest BCUT2D eigenvalue weighted by atomic mass is 9.98. The normalized spacial score (nSPS) is 15.3. The summed E-state index contributed by atoms with van der Waals surface area (Å²) in [6.45, 7) is 3.87. The summed E-state index contributed by atoms with van der Waals surface area (Å²) in [5.41, 5.74) is 4.79. The van der Waals surface area contributed by atoms with Gasteiger partial charge in [0, 0.05) is 5.92 Å². The molecule has 1 aliphatic rings. The minimum absolute atomic E-state index is 0.0507. The number of carbonyl (C=O) groups excluding carboxylic acids is 1. The number of amides is 1. The van der Waals surface area contributed by atoms with Crippen molar-refractivity contribution in [2.75, 3.05) is 6.61 Å². The SMILES string of the molecule is CCC(NC(=O)OCC1c2ccccc2-c2ccccc21)C(C)O. The molecule has 3 rings (SSSR count). The molecule has 1 amide bonds. The highest BCUT2D eigenvalue weighted by molar-refractivity contribution is 5.79. The maximum Gasteiger partial charge on any atom is 0.407 e. The topological polar surface area (TPSA) is 58.6 Å². The Morgan fingerprint density at radius 3 is 2.17 bits per heavy atom. The standard InChI is InChI=1S/C20H23NO3/c1-3-19(13(2)22)21-20(23)24-12-18-16-10-6-4-8-14(16)15-9-5-7-11-17(15)18/h4-11,13,18-19,22H,3,12H2,1-2H3,(H,21,23). The third-order valence-corrected chi connectivity index (χ3v) is 4.67. The van der Waals surface area contributed by atoms with E-state index in [1.165, 1.54) is 22.3 Å². The molecule has 0 radical (unpaired) electrons. The lowest BCUT2D eigenvalue weighted by molar-refractivity contribution is 0.110. The Bertz CT molecular complexity index is 681. The molecule has 1 aliphatic carbocycles. The van der Waals surface area contributed by atoms with Gasteiger partial charge in [-0.1, -0.05) is 55.5 Å². The summed E-state index contributed by atoms with van der Waals surface area (Å²) in [5.74, 6) is 0.0507. The molecule has 0 heterocycles. The maximum absolute atomic E-state index is 12.1. The van der Waals surface area contributed by atoms with E-state index in [1.54, 1.807) is 6.92 Å². The van der Waals surface area contributed by atoms with Crippen LogP contribution >= 0.6 is 0 Å². The van der Waals surface area contributed by atoms with Crippen LogP contribution in [0.25, 0.3) is 11.1 Å². The van der Waals surface area contributed by atoms with Crippen LogP contribution in [-0.4, -0.2) is 30.0 Å². The van der Waals surface area contributed by atoms with E-state index in [0.717, 1.165) is 0 Å². The molecule has 2 N–H and O–H groups in total. The fourth-order valence-electron chi connectivity index (χ4n) is 3.36. The predicted molar refractivity (Wildman–Crippen MR) is 94.0 cm³/mol. The van der Waals surface area contributed by atoms with E-state index in [9.17, 15) is 9.90 Å². The fourth-order valence-corrected chi connectivity index (χ4v) is 3.36. The van der Waals surface area contributed by atoms with Crippen molar-refractivity contribution >= 4 is 6.09 Å². The summed E-state index contributed by atoms with van der Waals surface area (Å²) in [5, 5.41) is 12.4. The van der Waals surface area contributed by atoms with Gasteiger partial charge in [-0.2, -0.15) is 0 Å². The first kappa shape index (κ1) is 16.5. The Labute approximate surface area is 142 Å². The minimum Gasteiger partial charge on any atom is -0.449 e. The van der Waals surface area contributed by atoms with Gasteiger partial charge < -0.3 is 15.2 Å². The van der Waals surface area contributed by atoms with Crippen LogP contribution in [0.5, 0.6) is 0 Å². The van der Waals surface area contributed by atoms with Gasteiger partial charge in [-0.05, 0) is 35.6 Å². The first-order valence-electron chi connectivity index (χ1n) is 8.41. The van der Waals surface area contributed by atoms with Crippen LogP contribution in [0.4, 0.5) is 4.79 Å². The van der Waals surface area contributed by atoms with Crippen LogP contribution in [0.15, 0.2) is 48.5 Å². The molecule has 0 bridgehead atoms. The van der Waals surface area contributed by atoms with E-state index >= 15 is 0 Å². The number of benzene rings is 2. The van der Waals surface area contributed by atoms with Crippen molar-refractivity contribution in [2.24, 2.45) is 0 Å². The average molecular weight is 325 g/mol. The molecule has 4 nitrogen and oxygen atoms in total. The van der Waals surface area contributed by atoms with Gasteiger partial charge in [0.1, 0.15) is 6.61 Å². The number of ether oxygens (including phenoxy) is 1. The smallest absolute Gasteiger partial charge is 0.407 e. The lowest BCUT2D eigenvalue weighted by Crippen LogP contribution is -2.42. The highest BCUT2D eigenvalue weighted by Crippen LogP contribution is 2.44. The Hall–Kier alpha value is -2.33. The molecule has 4 heteroatoms. The van der Waals surface area contributed by atoms with Crippen molar-refractivity contribution in [3.05, 3.63) is 59.7 Å². The number of aliphatic hydroxyl groups excluding tert-OH is 1. The zero-order chi connectivity index (χ0) is 17.1. The predicted octanol–water partition coefficient (Wildman–Crippen LogP) is 3.68. The number of carbonyl (C=O) groups is 1. The van der Waals surface area contributed by atoms with Crippen LogP contribution in [-0.2, 0) is 4.74 Å². The lowest BCUT2D eigenvalue weighted by Gasteiger charge is -2.20. The van der Waals surface area contributed by atoms with Gasteiger partial charge in [-0.15, -0.1) is 0 Å². The molecule has 0 saturated heterocycles. The van der Waals surface area contributed by atoms with Crippen molar-refractivity contribution in [3.8, 4) is 11.1 Å². The van der Waals surface area contributed by atoms with Crippen LogP contribution in [0.3, 0.4) is 0 Å². The number of alkyl carbamates (subject to hydrolysis) is 1. The van der Waals surface area contributed by atoms with Gasteiger partial charge >= 0.3 is 6.09 Å². The molecule has 0 aromatic heterocycles. The average Bonchev–Trinajstić information content (AvgIpc) is 2.91. The van der Waals surface area contributed by atoms with Gasteiger partial charge in [0.05, 0.1) is 12.1 Å². The van der Waals surface area contributed by atoms with E-state index in [2.05, 4.69) is 29.6 Å². The second-order valence-corrected chi connectivity index (χ2v) is 6.23. The fraction of sp³-hybridized carbons (Fsp3) is 0.350. The molecule has 0 saturated carbocycles. The summed E-state index contributed by atoms with van der Waals surface area (Å²) in [7, 11) is 0. The molecular weight excluding hydrogens is 302 g/mol. The monoisotopic (exact) mass is 325 g/mol. The second-order valence-electron chi connectivity index (χ2n) is 6.23. The Morgan fingerprint density at radius 1 is 1.12 bits per heavy atom. The Kier molecular flexibility index (Phi) is 4.86. The number of hydrogen-bond donors (Lipinski definition) is 2. The highest BCUT2D eigenvalue weighted by Gasteiger charge is 2.29. The molecule has 126 valence electrons. The third kappa shape index (κ3) is 3.15. The van der Waals surface area contributed by atoms with Gasteiger partial charge in [-0.3, -0.25) is 0 Å². The van der Waals surface area contributed by atoms with Crippen molar-refractivity contribution < 1.29 is 14.6 Å². The maximum atomic E-state index is 12.1. The van der Waals surface area contributed by atoms with Crippen LogP contribution in [0.1, 0.15) is 37.3 Å². The minimum atomic E-state index is -0.601. The number of rotatable bonds is 5. The molecular formula is C20H23NO3. The van der Waals surface area contributed by atoms with Gasteiger partial charge in [0.15, 0.2) is 0 Å². The molecule has 2 aromatic carbocycles. The molecule has 2 aromatic rings. The van der Waals surface area contributed by atoms with Crippen molar-refractivity contribution in [2.45, 2.75) is 38.3 Å². The first-order valence-corrected chi connectivity index (χ1v) is 8.41. The summed E-state index contributed by atoms with van der Waals surface area (Å²) < 4.78 is 5.46. The highest BCUT2D eigenvalue weighted by atomic mass is 16.5. The van der Waals surface area contributed by atoms with Crippen LogP contribution in [0.2, 0.25) is 0 Å². The van der Waals surface area contributed by atoms with Crippen molar-refractivity contribution in [3.63, 3.8) is 0 Å². The van der Waals surface area contributed by atoms with Crippen LogP contribution < -0.4 is 5.32 Å². The molecule has 2 atom stereocenters. The number of nitrogens with one attached hydrogen (secondary N) is 1. The van der Waals surface area contributed by atoms with E-state index in [0.29, 0.717) is 6.42 Å². The number of fused-ring (bicyclic) bond motifs is 3. The zero-order valence-corrected chi connectivity index (χ0v) is 14.0.